The molecule has 1 unspecified atom stereocenters. The van der Waals surface area contributed by atoms with Gasteiger partial charge in [-0.05, 0) is 40.2 Å². The quantitative estimate of drug-likeness (QED) is 0.463. The molecule has 164 valence electrons. The summed E-state index contributed by atoms with van der Waals surface area (Å²) in [4.78, 5) is 26.7. The number of nitrogens with zero attached hydrogens (tertiary/aromatic N) is 2. The van der Waals surface area contributed by atoms with Crippen LogP contribution in [-0.4, -0.2) is 22.0 Å². The SMILES string of the molecule is N#Cc1ccc(-c2nc(C(CCC(=O)O)Oc3ccc(F)c(C(N)=O)c3F)oc2Br)cc1. The van der Waals surface area contributed by atoms with Crippen molar-refractivity contribution in [2.45, 2.75) is 18.9 Å². The number of carbonyl (C=O) groups is 2. The Bertz CT molecular complexity index is 1220. The van der Waals surface area contributed by atoms with Gasteiger partial charge in [0.05, 0.1) is 11.6 Å². The maximum atomic E-state index is 14.6. The Labute approximate surface area is 188 Å². The standard InChI is InChI=1S/C21H14BrF2N3O5/c22-19-18(11-3-1-10(9-25)2-4-11)27-21(32-19)14(7-8-15(28)29)31-13-6-5-12(23)16(17(13)24)20(26)30/h1-6,14H,7-8H2,(H2,26,30)(H,28,29). The molecule has 0 saturated heterocycles. The summed E-state index contributed by atoms with van der Waals surface area (Å²) < 4.78 is 39.7. The van der Waals surface area contributed by atoms with Gasteiger partial charge in [-0.1, -0.05) is 12.1 Å². The van der Waals surface area contributed by atoms with E-state index >= 15 is 0 Å². The molecule has 3 rings (SSSR count). The van der Waals surface area contributed by atoms with Crippen LogP contribution in [0, 0.1) is 23.0 Å². The molecule has 1 atom stereocenters. The van der Waals surface area contributed by atoms with Crippen molar-refractivity contribution >= 4 is 27.8 Å². The lowest BCUT2D eigenvalue weighted by molar-refractivity contribution is -0.137. The summed E-state index contributed by atoms with van der Waals surface area (Å²) >= 11 is 3.23. The molecule has 0 spiro atoms. The molecule has 1 aromatic heterocycles. The third kappa shape index (κ3) is 4.92. The fourth-order valence-electron chi connectivity index (χ4n) is 2.83. The van der Waals surface area contributed by atoms with Gasteiger partial charge in [0.25, 0.3) is 5.91 Å². The van der Waals surface area contributed by atoms with Gasteiger partial charge in [0.1, 0.15) is 17.1 Å². The number of aliphatic carboxylic acids is 1. The number of hydrogen-bond donors (Lipinski definition) is 2. The Hall–Kier alpha value is -3.78. The van der Waals surface area contributed by atoms with Crippen LogP contribution in [-0.2, 0) is 4.79 Å². The van der Waals surface area contributed by atoms with Crippen molar-refractivity contribution in [3.8, 4) is 23.1 Å². The predicted octanol–water partition coefficient (Wildman–Crippen LogP) is 4.34. The molecule has 8 nitrogen and oxygen atoms in total. The first-order valence-electron chi connectivity index (χ1n) is 9.04. The number of amides is 1. The van der Waals surface area contributed by atoms with E-state index in [1.807, 2.05) is 6.07 Å². The first-order valence-corrected chi connectivity index (χ1v) is 9.83. The molecule has 1 amide bonds. The van der Waals surface area contributed by atoms with Gasteiger partial charge in [-0.3, -0.25) is 9.59 Å². The lowest BCUT2D eigenvalue weighted by Crippen LogP contribution is -2.17. The number of nitriles is 1. The molecule has 0 aliphatic rings. The van der Waals surface area contributed by atoms with Gasteiger partial charge in [0.15, 0.2) is 22.3 Å². The summed E-state index contributed by atoms with van der Waals surface area (Å²) in [7, 11) is 0. The topological polar surface area (TPSA) is 139 Å². The zero-order valence-electron chi connectivity index (χ0n) is 16.1. The molecule has 1 heterocycles. The molecule has 0 bridgehead atoms. The number of carbonyl (C=O) groups excluding carboxylic acids is 1. The van der Waals surface area contributed by atoms with Gasteiger partial charge >= 0.3 is 5.97 Å². The van der Waals surface area contributed by atoms with Crippen LogP contribution in [0.1, 0.15) is 40.8 Å². The summed E-state index contributed by atoms with van der Waals surface area (Å²) in [6.07, 6.45) is -1.73. The van der Waals surface area contributed by atoms with Crippen LogP contribution in [0.4, 0.5) is 8.78 Å². The highest BCUT2D eigenvalue weighted by Gasteiger charge is 2.27. The summed E-state index contributed by atoms with van der Waals surface area (Å²) in [6, 6.07) is 10.2. The Balaban J connectivity index is 1.98. The molecule has 2 aromatic carbocycles. The molecule has 0 aliphatic carbocycles. The van der Waals surface area contributed by atoms with E-state index in [1.54, 1.807) is 24.3 Å². The number of ether oxygens (including phenoxy) is 1. The second-order valence-corrected chi connectivity index (χ2v) is 7.22. The monoisotopic (exact) mass is 505 g/mol. The van der Waals surface area contributed by atoms with Crippen molar-refractivity contribution in [3.63, 3.8) is 0 Å². The van der Waals surface area contributed by atoms with E-state index in [9.17, 15) is 18.4 Å². The number of benzene rings is 2. The molecule has 3 aromatic rings. The third-order valence-corrected chi connectivity index (χ3v) is 4.89. The maximum absolute atomic E-state index is 14.6. The van der Waals surface area contributed by atoms with Gasteiger partial charge in [0.2, 0.25) is 5.89 Å². The number of primary amides is 1. The second-order valence-electron chi connectivity index (χ2n) is 6.50. The average molecular weight is 506 g/mol. The Morgan fingerprint density at radius 3 is 2.53 bits per heavy atom. The summed E-state index contributed by atoms with van der Waals surface area (Å²) in [5, 5.41) is 18.0. The van der Waals surface area contributed by atoms with Crippen molar-refractivity contribution in [2.24, 2.45) is 5.73 Å². The summed E-state index contributed by atoms with van der Waals surface area (Å²) in [5.74, 6) is -5.56. The smallest absolute Gasteiger partial charge is 0.303 e. The fourth-order valence-corrected chi connectivity index (χ4v) is 3.31. The molecule has 3 N–H and O–H groups in total. The Morgan fingerprint density at radius 2 is 1.94 bits per heavy atom. The normalized spacial score (nSPS) is 11.6. The molecule has 0 radical (unpaired) electrons. The van der Waals surface area contributed by atoms with Crippen LogP contribution in [0.25, 0.3) is 11.3 Å². The number of rotatable bonds is 8. The number of aromatic nitrogens is 1. The first-order chi connectivity index (χ1) is 15.2. The van der Waals surface area contributed by atoms with Gasteiger partial charge in [-0.2, -0.15) is 5.26 Å². The van der Waals surface area contributed by atoms with Crippen molar-refractivity contribution < 1.29 is 32.6 Å². The third-order valence-electron chi connectivity index (χ3n) is 4.36. The predicted molar refractivity (Wildman–Crippen MR) is 109 cm³/mol. The second kappa shape index (κ2) is 9.57. The number of carboxylic acid groups (broad SMARTS) is 1. The highest BCUT2D eigenvalue weighted by molar-refractivity contribution is 9.10. The van der Waals surface area contributed by atoms with Crippen LogP contribution in [0.5, 0.6) is 5.75 Å². The number of hydrogen-bond acceptors (Lipinski definition) is 6. The van der Waals surface area contributed by atoms with E-state index in [4.69, 9.17) is 25.3 Å². The zero-order valence-corrected chi connectivity index (χ0v) is 17.7. The van der Waals surface area contributed by atoms with E-state index in [1.165, 1.54) is 0 Å². The van der Waals surface area contributed by atoms with E-state index in [0.717, 1.165) is 12.1 Å². The zero-order chi connectivity index (χ0) is 23.4. The molecular weight excluding hydrogens is 492 g/mol. The molecule has 0 saturated carbocycles. The van der Waals surface area contributed by atoms with Crippen molar-refractivity contribution in [3.05, 3.63) is 69.7 Å². The van der Waals surface area contributed by atoms with E-state index in [-0.39, 0.29) is 23.4 Å². The minimum Gasteiger partial charge on any atom is -0.481 e. The molecule has 0 fully saturated rings. The van der Waals surface area contributed by atoms with Crippen LogP contribution in [0.15, 0.2) is 45.5 Å². The van der Waals surface area contributed by atoms with Gasteiger partial charge in [-0.25, -0.2) is 13.8 Å². The average Bonchev–Trinajstić information content (AvgIpc) is 3.13. The first kappa shape index (κ1) is 22.9. The van der Waals surface area contributed by atoms with Crippen LogP contribution in [0.2, 0.25) is 0 Å². The van der Waals surface area contributed by atoms with Crippen LogP contribution < -0.4 is 10.5 Å². The van der Waals surface area contributed by atoms with E-state index in [0.29, 0.717) is 16.8 Å². The van der Waals surface area contributed by atoms with Gasteiger partial charge in [-0.15, -0.1) is 0 Å². The Kier molecular flexibility index (Phi) is 6.85. The minimum absolute atomic E-state index is 0.0816. The van der Waals surface area contributed by atoms with Crippen molar-refractivity contribution in [1.82, 2.24) is 4.98 Å². The molecule has 0 aliphatic heterocycles. The van der Waals surface area contributed by atoms with Crippen LogP contribution >= 0.6 is 15.9 Å². The fraction of sp³-hybridized carbons (Fsp3) is 0.143. The summed E-state index contributed by atoms with van der Waals surface area (Å²) in [6.45, 7) is 0. The number of carboxylic acids is 1. The van der Waals surface area contributed by atoms with E-state index in [2.05, 4.69) is 20.9 Å². The lowest BCUT2D eigenvalue weighted by atomic mass is 10.1. The van der Waals surface area contributed by atoms with Crippen LogP contribution in [0.3, 0.4) is 0 Å². The molecule has 11 heteroatoms. The maximum Gasteiger partial charge on any atom is 0.303 e. The minimum atomic E-state index is -1.32. The lowest BCUT2D eigenvalue weighted by Gasteiger charge is -2.17. The molecule has 32 heavy (non-hydrogen) atoms. The number of nitrogens with two attached hydrogens (primary N) is 1. The highest BCUT2D eigenvalue weighted by atomic mass is 79.9. The number of oxazole rings is 1. The number of halogens is 3. The van der Waals surface area contributed by atoms with E-state index < -0.39 is 40.9 Å². The summed E-state index contributed by atoms with van der Waals surface area (Å²) in [5.41, 5.74) is 5.41. The molecular formula is C21H14BrF2N3O5. The van der Waals surface area contributed by atoms with Crippen molar-refractivity contribution in [1.29, 1.82) is 5.26 Å². The Morgan fingerprint density at radius 1 is 1.25 bits per heavy atom. The largest absolute Gasteiger partial charge is 0.481 e. The van der Waals surface area contributed by atoms with Gasteiger partial charge in [0, 0.05) is 18.4 Å². The van der Waals surface area contributed by atoms with Crippen molar-refractivity contribution in [2.75, 3.05) is 0 Å². The highest BCUT2D eigenvalue weighted by Crippen LogP contribution is 2.35. The van der Waals surface area contributed by atoms with Gasteiger partial charge < -0.3 is 20.0 Å².